The molecular formula is C23H33IN4S. The molecule has 2 aliphatic rings. The van der Waals surface area contributed by atoms with Crippen molar-refractivity contribution in [3.05, 3.63) is 47.3 Å². The zero-order chi connectivity index (χ0) is 20.1. The first kappa shape index (κ1) is 24.2. The first-order valence-corrected chi connectivity index (χ1v) is 10.9. The monoisotopic (exact) mass is 524 g/mol. The summed E-state index contributed by atoms with van der Waals surface area (Å²) in [6.45, 7) is 6.55. The van der Waals surface area contributed by atoms with Crippen molar-refractivity contribution in [2.45, 2.75) is 19.8 Å². The minimum absolute atomic E-state index is 0. The molecule has 0 bridgehead atoms. The molecule has 1 aliphatic carbocycles. The first-order chi connectivity index (χ1) is 13.4. The van der Waals surface area contributed by atoms with E-state index in [9.17, 15) is 0 Å². The number of fused-ring (bicyclic) bond motifs is 2. The summed E-state index contributed by atoms with van der Waals surface area (Å²) >= 11 is 1.85. The number of benzene rings is 2. The summed E-state index contributed by atoms with van der Waals surface area (Å²) in [5, 5.41) is 1.31. The maximum absolute atomic E-state index is 4.87. The molecule has 0 radical (unpaired) electrons. The van der Waals surface area contributed by atoms with Crippen molar-refractivity contribution in [2.24, 2.45) is 0 Å². The summed E-state index contributed by atoms with van der Waals surface area (Å²) in [5.74, 6) is 0. The number of halogens is 1. The molecule has 1 aliphatic heterocycles. The van der Waals surface area contributed by atoms with Gasteiger partial charge in [0.2, 0.25) is 5.36 Å². The van der Waals surface area contributed by atoms with E-state index >= 15 is 0 Å². The third-order valence-electron chi connectivity index (χ3n) is 4.95. The molecule has 0 saturated heterocycles. The van der Waals surface area contributed by atoms with Gasteiger partial charge in [0.25, 0.3) is 0 Å². The standard InChI is InChI=1S/C23H33N4S.HI/c1-18-8-10-20-22(16-18)28-23-17-19(9-11-21(23)24-20)27(14-6-12-25(2)3)15-7-13-26(4)5;/h8-11,16-17H,6-7,12-15H2,1-5H3;1H/q+1;/p-1. The van der Waals surface area contributed by atoms with Gasteiger partial charge < -0.3 is 33.8 Å². The van der Waals surface area contributed by atoms with Crippen molar-refractivity contribution in [1.29, 1.82) is 0 Å². The van der Waals surface area contributed by atoms with Crippen molar-refractivity contribution < 1.29 is 24.0 Å². The summed E-state index contributed by atoms with van der Waals surface area (Å²) < 4.78 is 3.80. The Bertz CT molecular complexity index is 949. The zero-order valence-electron chi connectivity index (χ0n) is 18.3. The number of aromatic nitrogens is 1. The molecule has 0 saturated carbocycles. The van der Waals surface area contributed by atoms with Crippen LogP contribution in [-0.2, 0) is 0 Å². The van der Waals surface area contributed by atoms with Gasteiger partial charge in [-0.05, 0) is 58.9 Å². The van der Waals surface area contributed by atoms with Gasteiger partial charge >= 0.3 is 0 Å². The summed E-state index contributed by atoms with van der Waals surface area (Å²) in [4.78, 5) is 10.7. The second-order valence-corrected chi connectivity index (χ2v) is 9.22. The normalized spacial score (nSPS) is 11.4. The fourth-order valence-corrected chi connectivity index (χ4v) is 4.54. The van der Waals surface area contributed by atoms with Crippen molar-refractivity contribution in [3.8, 4) is 10.6 Å². The molecule has 1 heterocycles. The van der Waals surface area contributed by atoms with Crippen LogP contribution in [0.25, 0.3) is 20.8 Å². The van der Waals surface area contributed by atoms with Crippen molar-refractivity contribution in [2.75, 3.05) is 54.4 Å². The van der Waals surface area contributed by atoms with Crippen LogP contribution in [0, 0.1) is 6.92 Å². The van der Waals surface area contributed by atoms with Crippen molar-refractivity contribution in [3.63, 3.8) is 0 Å². The first-order valence-electron chi connectivity index (χ1n) is 10.1. The van der Waals surface area contributed by atoms with E-state index < -0.39 is 0 Å². The predicted molar refractivity (Wildman–Crippen MR) is 122 cm³/mol. The van der Waals surface area contributed by atoms with Crippen LogP contribution in [-0.4, -0.2) is 69.2 Å². The molecule has 0 atom stereocenters. The molecule has 0 N–H and O–H groups in total. The van der Waals surface area contributed by atoms with Crippen LogP contribution in [0.15, 0.2) is 36.4 Å². The molecule has 3 rings (SSSR count). The quantitative estimate of drug-likeness (QED) is 0.242. The molecule has 0 fully saturated rings. The van der Waals surface area contributed by atoms with E-state index in [0.717, 1.165) is 37.4 Å². The highest BCUT2D eigenvalue weighted by molar-refractivity contribution is 7.21. The van der Waals surface area contributed by atoms with Gasteiger partial charge in [-0.2, -0.15) is 0 Å². The van der Waals surface area contributed by atoms with E-state index in [0.29, 0.717) is 0 Å². The van der Waals surface area contributed by atoms with E-state index in [1.807, 2.05) is 11.3 Å². The van der Waals surface area contributed by atoms with Gasteiger partial charge in [-0.25, -0.2) is 9.56 Å². The summed E-state index contributed by atoms with van der Waals surface area (Å²) in [6.07, 6.45) is 2.34. The molecular weight excluding hydrogens is 491 g/mol. The van der Waals surface area contributed by atoms with Gasteiger partial charge in [-0.3, -0.25) is 0 Å². The highest BCUT2D eigenvalue weighted by Gasteiger charge is 2.12. The van der Waals surface area contributed by atoms with Gasteiger partial charge in [0.15, 0.2) is 0 Å². The molecule has 0 aromatic heterocycles. The number of hydrogen-bond acceptors (Lipinski definition) is 4. The van der Waals surface area contributed by atoms with E-state index in [-0.39, 0.29) is 24.0 Å². The largest absolute Gasteiger partial charge is 1.00 e. The highest BCUT2D eigenvalue weighted by Crippen LogP contribution is 2.29. The predicted octanol–water partition coefficient (Wildman–Crippen LogP) is 0.389. The van der Waals surface area contributed by atoms with Crippen LogP contribution in [0.5, 0.6) is 0 Å². The van der Waals surface area contributed by atoms with Crippen LogP contribution in [0.3, 0.4) is 0 Å². The second-order valence-electron chi connectivity index (χ2n) is 8.14. The van der Waals surface area contributed by atoms with Gasteiger partial charge in [0, 0.05) is 38.1 Å². The van der Waals surface area contributed by atoms with Gasteiger partial charge in [0.05, 0.1) is 20.8 Å². The third kappa shape index (κ3) is 6.98. The van der Waals surface area contributed by atoms with Crippen molar-refractivity contribution in [1.82, 2.24) is 19.4 Å². The Labute approximate surface area is 196 Å². The van der Waals surface area contributed by atoms with E-state index in [1.165, 1.54) is 33.3 Å². The molecule has 0 unspecified atom stereocenters. The zero-order valence-corrected chi connectivity index (χ0v) is 21.3. The maximum atomic E-state index is 4.87. The lowest BCUT2D eigenvalue weighted by atomic mass is 10.2. The number of nitrogens with zero attached hydrogens (tertiary/aromatic N) is 4. The minimum atomic E-state index is 0. The summed E-state index contributed by atoms with van der Waals surface area (Å²) in [5.41, 5.74) is 3.46. The Morgan fingerprint density at radius 3 is 2.17 bits per heavy atom. The van der Waals surface area contributed by atoms with Crippen molar-refractivity contribution >= 4 is 21.6 Å². The van der Waals surface area contributed by atoms with Crippen LogP contribution in [0.2, 0.25) is 0 Å². The van der Waals surface area contributed by atoms with Gasteiger partial charge in [0.1, 0.15) is 13.1 Å². The van der Waals surface area contributed by atoms with Gasteiger partial charge in [-0.15, -0.1) is 11.3 Å². The molecule has 4 nitrogen and oxygen atoms in total. The number of aryl methyl sites for hydroxylation is 1. The molecule has 1 aromatic carbocycles. The Kier molecular flexibility index (Phi) is 9.46. The minimum Gasteiger partial charge on any atom is -1.00 e. The SMILES string of the molecule is Cc1ccc2nc3ccc(=[N+](CCCN(C)C)CCCN(C)C)cc-3sc2c1.[I-]. The van der Waals surface area contributed by atoms with E-state index in [1.54, 1.807) is 0 Å². The van der Waals surface area contributed by atoms with Crippen LogP contribution < -0.4 is 33.9 Å². The van der Waals surface area contributed by atoms with Crippen LogP contribution in [0.4, 0.5) is 0 Å². The second kappa shape index (κ2) is 11.3. The van der Waals surface area contributed by atoms with E-state index in [2.05, 4.69) is 85.9 Å². The average molecular weight is 525 g/mol. The Hall–Kier alpha value is -1.09. The average Bonchev–Trinajstić information content (AvgIpc) is 2.64. The lowest BCUT2D eigenvalue weighted by Gasteiger charge is -2.12. The molecule has 1 aromatic rings. The molecule has 29 heavy (non-hydrogen) atoms. The highest BCUT2D eigenvalue weighted by atomic mass is 127. The van der Waals surface area contributed by atoms with Crippen LogP contribution in [0.1, 0.15) is 18.4 Å². The molecule has 158 valence electrons. The Morgan fingerprint density at radius 1 is 0.897 bits per heavy atom. The van der Waals surface area contributed by atoms with Gasteiger partial charge in [-0.1, -0.05) is 6.07 Å². The molecule has 0 amide bonds. The third-order valence-corrected chi connectivity index (χ3v) is 6.05. The molecule has 6 heteroatoms. The van der Waals surface area contributed by atoms with Crippen LogP contribution >= 0.6 is 11.3 Å². The fraction of sp³-hybridized carbons (Fsp3) is 0.478. The Morgan fingerprint density at radius 2 is 1.55 bits per heavy atom. The molecule has 0 spiro atoms. The van der Waals surface area contributed by atoms with E-state index in [4.69, 9.17) is 4.98 Å². The lowest BCUT2D eigenvalue weighted by molar-refractivity contribution is -0.00000598. The fourth-order valence-electron chi connectivity index (χ4n) is 3.44. The topological polar surface area (TPSA) is 22.4 Å². The Balaban J connectivity index is 0.00000300. The maximum Gasteiger partial charge on any atom is 0.201 e. The summed E-state index contributed by atoms with van der Waals surface area (Å²) in [7, 11) is 8.58. The summed E-state index contributed by atoms with van der Waals surface area (Å²) in [6, 6.07) is 13.3. The number of hydrogen-bond donors (Lipinski definition) is 0. The number of rotatable bonds is 8. The smallest absolute Gasteiger partial charge is 0.201 e. The lowest BCUT2D eigenvalue weighted by Crippen LogP contribution is -3.00.